The van der Waals surface area contributed by atoms with Gasteiger partial charge in [0.15, 0.2) is 0 Å². The molecule has 0 spiro atoms. The Morgan fingerprint density at radius 3 is 2.61 bits per heavy atom. The van der Waals surface area contributed by atoms with E-state index in [1.54, 1.807) is 6.26 Å². The van der Waals surface area contributed by atoms with Gasteiger partial charge in [0.25, 0.3) is 0 Å². The SMILES string of the molecule is CC(NCCS(C)=O)c1ccc2ccccc2c1. The van der Waals surface area contributed by atoms with E-state index in [2.05, 4.69) is 54.7 Å². The van der Waals surface area contributed by atoms with Crippen molar-refractivity contribution in [3.63, 3.8) is 0 Å². The number of benzene rings is 2. The molecule has 1 N–H and O–H groups in total. The van der Waals surface area contributed by atoms with Crippen LogP contribution in [0.15, 0.2) is 42.5 Å². The van der Waals surface area contributed by atoms with E-state index >= 15 is 0 Å². The maximum Gasteiger partial charge on any atom is 0.0357 e. The summed E-state index contributed by atoms with van der Waals surface area (Å²) in [5, 5.41) is 5.94. The topological polar surface area (TPSA) is 29.1 Å². The van der Waals surface area contributed by atoms with Crippen molar-refractivity contribution in [1.82, 2.24) is 5.32 Å². The summed E-state index contributed by atoms with van der Waals surface area (Å²) in [5.74, 6) is 0.706. The lowest BCUT2D eigenvalue weighted by atomic mass is 10.0. The summed E-state index contributed by atoms with van der Waals surface area (Å²) in [6, 6.07) is 15.2. The highest BCUT2D eigenvalue weighted by atomic mass is 32.2. The second-order valence-electron chi connectivity index (χ2n) is 4.56. The lowest BCUT2D eigenvalue weighted by Gasteiger charge is -2.14. The Morgan fingerprint density at radius 1 is 1.17 bits per heavy atom. The van der Waals surface area contributed by atoms with Gasteiger partial charge < -0.3 is 5.32 Å². The molecule has 2 nitrogen and oxygen atoms in total. The smallest absolute Gasteiger partial charge is 0.0357 e. The molecule has 0 aliphatic heterocycles. The lowest BCUT2D eigenvalue weighted by Crippen LogP contribution is -2.23. The van der Waals surface area contributed by atoms with E-state index < -0.39 is 10.8 Å². The van der Waals surface area contributed by atoms with E-state index in [4.69, 9.17) is 0 Å². The molecule has 0 bridgehead atoms. The molecule has 0 saturated carbocycles. The summed E-state index contributed by atoms with van der Waals surface area (Å²) in [5.41, 5.74) is 1.27. The third kappa shape index (κ3) is 3.40. The Bertz CT molecular complexity index is 553. The van der Waals surface area contributed by atoms with Gasteiger partial charge in [0.2, 0.25) is 0 Å². The molecule has 0 heterocycles. The third-order valence-corrected chi connectivity index (χ3v) is 3.89. The van der Waals surface area contributed by atoms with Crippen LogP contribution in [0.1, 0.15) is 18.5 Å². The number of hydrogen-bond donors (Lipinski definition) is 1. The first-order chi connectivity index (χ1) is 8.66. The molecule has 2 aromatic carbocycles. The highest BCUT2D eigenvalue weighted by molar-refractivity contribution is 7.84. The quantitative estimate of drug-likeness (QED) is 0.896. The summed E-state index contributed by atoms with van der Waals surface area (Å²) in [6.07, 6.45) is 1.74. The van der Waals surface area contributed by atoms with E-state index in [9.17, 15) is 4.21 Å². The van der Waals surface area contributed by atoms with Gasteiger partial charge in [-0.1, -0.05) is 36.4 Å². The van der Waals surface area contributed by atoms with Crippen LogP contribution in [-0.4, -0.2) is 22.8 Å². The largest absolute Gasteiger partial charge is 0.309 e. The minimum absolute atomic E-state index is 0.290. The van der Waals surface area contributed by atoms with Crippen molar-refractivity contribution in [2.45, 2.75) is 13.0 Å². The van der Waals surface area contributed by atoms with Crippen LogP contribution in [0, 0.1) is 0 Å². The zero-order chi connectivity index (χ0) is 13.0. The van der Waals surface area contributed by atoms with E-state index in [-0.39, 0.29) is 6.04 Å². The van der Waals surface area contributed by atoms with Gasteiger partial charge in [0.05, 0.1) is 0 Å². The Balaban J connectivity index is 2.08. The van der Waals surface area contributed by atoms with Crippen LogP contribution < -0.4 is 5.32 Å². The van der Waals surface area contributed by atoms with Crippen LogP contribution in [0.2, 0.25) is 0 Å². The molecule has 0 amide bonds. The zero-order valence-electron chi connectivity index (χ0n) is 10.8. The molecule has 2 unspecified atom stereocenters. The Labute approximate surface area is 111 Å². The highest BCUT2D eigenvalue weighted by Crippen LogP contribution is 2.19. The van der Waals surface area contributed by atoms with Gasteiger partial charge in [-0.05, 0) is 29.3 Å². The molecule has 96 valence electrons. The molecule has 2 aromatic rings. The number of fused-ring (bicyclic) bond motifs is 1. The fraction of sp³-hybridized carbons (Fsp3) is 0.333. The van der Waals surface area contributed by atoms with Gasteiger partial charge in [0, 0.05) is 35.4 Å². The third-order valence-electron chi connectivity index (χ3n) is 3.11. The molecule has 2 rings (SSSR count). The van der Waals surface area contributed by atoms with Gasteiger partial charge in [-0.25, -0.2) is 0 Å². The predicted molar refractivity (Wildman–Crippen MR) is 79.3 cm³/mol. The first-order valence-electron chi connectivity index (χ1n) is 6.19. The molecule has 0 aromatic heterocycles. The van der Waals surface area contributed by atoms with E-state index in [1.807, 2.05) is 0 Å². The molecule has 18 heavy (non-hydrogen) atoms. The molecule has 2 atom stereocenters. The number of rotatable bonds is 5. The van der Waals surface area contributed by atoms with Crippen LogP contribution in [0.3, 0.4) is 0 Å². The maximum absolute atomic E-state index is 11.0. The molecule has 0 fully saturated rings. The normalized spacial score (nSPS) is 14.6. The van der Waals surface area contributed by atoms with Gasteiger partial charge in [-0.3, -0.25) is 4.21 Å². The van der Waals surface area contributed by atoms with Crippen LogP contribution in [0.25, 0.3) is 10.8 Å². The Morgan fingerprint density at radius 2 is 1.89 bits per heavy atom. The highest BCUT2D eigenvalue weighted by Gasteiger charge is 2.05. The molecule has 3 heteroatoms. The van der Waals surface area contributed by atoms with Crippen molar-refractivity contribution in [3.8, 4) is 0 Å². The Kier molecular flexibility index (Phi) is 4.50. The number of hydrogen-bond acceptors (Lipinski definition) is 2. The average molecular weight is 261 g/mol. The van der Waals surface area contributed by atoms with E-state index in [0.29, 0.717) is 5.75 Å². The van der Waals surface area contributed by atoms with Crippen LogP contribution in [0.5, 0.6) is 0 Å². The minimum Gasteiger partial charge on any atom is -0.309 e. The van der Waals surface area contributed by atoms with Gasteiger partial charge in [0.1, 0.15) is 0 Å². The predicted octanol–water partition coefficient (Wildman–Crippen LogP) is 2.87. The van der Waals surface area contributed by atoms with Gasteiger partial charge in [-0.15, -0.1) is 0 Å². The fourth-order valence-electron chi connectivity index (χ4n) is 2.01. The minimum atomic E-state index is -0.723. The van der Waals surface area contributed by atoms with Gasteiger partial charge >= 0.3 is 0 Å². The van der Waals surface area contributed by atoms with E-state index in [0.717, 1.165) is 6.54 Å². The average Bonchev–Trinajstić information content (AvgIpc) is 2.37. The molecular weight excluding hydrogens is 242 g/mol. The second kappa shape index (κ2) is 6.12. The van der Waals surface area contributed by atoms with Crippen molar-refractivity contribution in [2.75, 3.05) is 18.6 Å². The van der Waals surface area contributed by atoms with E-state index in [1.165, 1.54) is 16.3 Å². The van der Waals surface area contributed by atoms with Gasteiger partial charge in [-0.2, -0.15) is 0 Å². The first kappa shape index (κ1) is 13.2. The summed E-state index contributed by atoms with van der Waals surface area (Å²) in [6.45, 7) is 2.93. The maximum atomic E-state index is 11.0. The molecule has 0 aliphatic carbocycles. The number of nitrogens with one attached hydrogen (secondary N) is 1. The van der Waals surface area contributed by atoms with Crippen molar-refractivity contribution in [2.24, 2.45) is 0 Å². The van der Waals surface area contributed by atoms with Crippen molar-refractivity contribution < 1.29 is 4.21 Å². The van der Waals surface area contributed by atoms with Crippen LogP contribution in [0.4, 0.5) is 0 Å². The van der Waals surface area contributed by atoms with Crippen molar-refractivity contribution >= 4 is 21.6 Å². The Hall–Kier alpha value is -1.19. The molecule has 0 saturated heterocycles. The fourth-order valence-corrected chi connectivity index (χ4v) is 2.42. The van der Waals surface area contributed by atoms with Crippen LogP contribution >= 0.6 is 0 Å². The molecule has 0 radical (unpaired) electrons. The zero-order valence-corrected chi connectivity index (χ0v) is 11.7. The summed E-state index contributed by atoms with van der Waals surface area (Å²) in [7, 11) is -0.723. The molecular formula is C15H19NOS. The standard InChI is InChI=1S/C15H19NOS/c1-12(16-9-10-18(2)17)14-8-7-13-5-3-4-6-15(13)11-14/h3-8,11-12,16H,9-10H2,1-2H3. The monoisotopic (exact) mass is 261 g/mol. The van der Waals surface area contributed by atoms with Crippen molar-refractivity contribution in [1.29, 1.82) is 0 Å². The summed E-state index contributed by atoms with van der Waals surface area (Å²) in [4.78, 5) is 0. The second-order valence-corrected chi connectivity index (χ2v) is 6.11. The summed E-state index contributed by atoms with van der Waals surface area (Å²) >= 11 is 0. The van der Waals surface area contributed by atoms with Crippen LogP contribution in [-0.2, 0) is 10.8 Å². The lowest BCUT2D eigenvalue weighted by molar-refractivity contribution is 0.597. The first-order valence-corrected chi connectivity index (χ1v) is 7.91. The molecule has 0 aliphatic rings. The van der Waals surface area contributed by atoms with Crippen molar-refractivity contribution in [3.05, 3.63) is 48.0 Å². The summed E-state index contributed by atoms with van der Waals surface area (Å²) < 4.78 is 11.0.